The van der Waals surface area contributed by atoms with Gasteiger partial charge in [-0.25, -0.2) is 4.99 Å². The van der Waals surface area contributed by atoms with Gasteiger partial charge in [0.2, 0.25) is 0 Å². The van der Waals surface area contributed by atoms with Crippen LogP contribution in [0.3, 0.4) is 0 Å². The number of hydrogen-bond donors (Lipinski definition) is 0. The van der Waals surface area contributed by atoms with Gasteiger partial charge in [-0.1, -0.05) is 54.6 Å². The Hall–Kier alpha value is -2.32. The molecule has 0 aliphatic heterocycles. The summed E-state index contributed by atoms with van der Waals surface area (Å²) in [5.41, 5.74) is 2.56. The number of nitrogens with zero attached hydrogens (tertiary/aromatic N) is 1. The molecule has 0 aliphatic carbocycles. The summed E-state index contributed by atoms with van der Waals surface area (Å²) in [5, 5.41) is 0.688. The van der Waals surface area contributed by atoms with E-state index in [-0.39, 0.29) is 0 Å². The topological polar surface area (TPSA) is 21.6 Å². The molecule has 0 amide bonds. The van der Waals surface area contributed by atoms with E-state index in [1.54, 1.807) is 6.08 Å². The monoisotopic (exact) mass is 311 g/mol. The van der Waals surface area contributed by atoms with E-state index in [2.05, 4.69) is 6.58 Å². The molecular formula is C19H18ClNO. The number of ether oxygens (including phenoxy) is 1. The van der Waals surface area contributed by atoms with E-state index < -0.39 is 0 Å². The van der Waals surface area contributed by atoms with Crippen LogP contribution in [0.1, 0.15) is 12.5 Å². The van der Waals surface area contributed by atoms with Gasteiger partial charge in [0.05, 0.1) is 12.3 Å². The molecule has 22 heavy (non-hydrogen) atoms. The number of benzene rings is 2. The Morgan fingerprint density at radius 3 is 2.41 bits per heavy atom. The Morgan fingerprint density at radius 2 is 1.82 bits per heavy atom. The fourth-order valence-corrected chi connectivity index (χ4v) is 2.09. The molecule has 0 atom stereocenters. The molecule has 2 rings (SSSR count). The van der Waals surface area contributed by atoms with Crippen LogP contribution in [0.25, 0.3) is 0 Å². The van der Waals surface area contributed by atoms with E-state index in [4.69, 9.17) is 21.3 Å². The van der Waals surface area contributed by atoms with Crippen molar-refractivity contribution in [3.8, 4) is 0 Å². The molecule has 3 heteroatoms. The van der Waals surface area contributed by atoms with Gasteiger partial charge in [0.25, 0.3) is 0 Å². The Balaban J connectivity index is 2.53. The summed E-state index contributed by atoms with van der Waals surface area (Å²) >= 11 is 5.98. The molecular weight excluding hydrogens is 294 g/mol. The highest BCUT2D eigenvalue weighted by Gasteiger charge is 2.11. The molecule has 0 aliphatic rings. The second kappa shape index (κ2) is 8.20. The first-order valence-corrected chi connectivity index (χ1v) is 7.48. The zero-order valence-corrected chi connectivity index (χ0v) is 13.3. The predicted molar refractivity (Wildman–Crippen MR) is 94.0 cm³/mol. The van der Waals surface area contributed by atoms with E-state index >= 15 is 0 Å². The normalized spacial score (nSPS) is 12.1. The highest BCUT2D eigenvalue weighted by molar-refractivity contribution is 6.30. The van der Waals surface area contributed by atoms with E-state index in [0.29, 0.717) is 17.4 Å². The summed E-state index contributed by atoms with van der Waals surface area (Å²) in [4.78, 5) is 4.73. The molecule has 2 aromatic carbocycles. The average Bonchev–Trinajstić information content (AvgIpc) is 2.54. The van der Waals surface area contributed by atoms with Crippen molar-refractivity contribution in [3.63, 3.8) is 0 Å². The van der Waals surface area contributed by atoms with Gasteiger partial charge in [0.1, 0.15) is 11.5 Å². The van der Waals surface area contributed by atoms with Crippen LogP contribution < -0.4 is 0 Å². The molecule has 0 radical (unpaired) electrons. The standard InChI is InChI=1S/C19H18ClNO/c1-3-8-18(22-4-2)19(15-11-13-16(20)14-12-15)21-17-9-6-5-7-10-17/h3,5-14H,1,4H2,2H3/b18-8+,21-19?. The lowest BCUT2D eigenvalue weighted by Gasteiger charge is -2.12. The van der Waals surface area contributed by atoms with Crippen LogP contribution in [-0.4, -0.2) is 12.3 Å². The van der Waals surface area contributed by atoms with Gasteiger partial charge in [0.15, 0.2) is 0 Å². The zero-order valence-electron chi connectivity index (χ0n) is 12.5. The number of aliphatic imine (C=N–C) groups is 1. The quantitative estimate of drug-likeness (QED) is 0.388. The second-order valence-electron chi connectivity index (χ2n) is 4.50. The van der Waals surface area contributed by atoms with Gasteiger partial charge >= 0.3 is 0 Å². The second-order valence-corrected chi connectivity index (χ2v) is 4.94. The van der Waals surface area contributed by atoms with Crippen molar-refractivity contribution < 1.29 is 4.74 Å². The highest BCUT2D eigenvalue weighted by atomic mass is 35.5. The van der Waals surface area contributed by atoms with Gasteiger partial charge < -0.3 is 4.74 Å². The van der Waals surface area contributed by atoms with Gasteiger partial charge in [-0.3, -0.25) is 0 Å². The fourth-order valence-electron chi connectivity index (χ4n) is 1.96. The lowest BCUT2D eigenvalue weighted by atomic mass is 10.1. The van der Waals surface area contributed by atoms with Crippen molar-refractivity contribution in [1.82, 2.24) is 0 Å². The molecule has 0 unspecified atom stereocenters. The molecule has 2 aromatic rings. The predicted octanol–water partition coefficient (Wildman–Crippen LogP) is 5.57. The maximum Gasteiger partial charge on any atom is 0.145 e. The Morgan fingerprint density at radius 1 is 1.14 bits per heavy atom. The third kappa shape index (κ3) is 4.34. The number of hydrogen-bond acceptors (Lipinski definition) is 2. The van der Waals surface area contributed by atoms with Gasteiger partial charge in [-0.05, 0) is 37.3 Å². The largest absolute Gasteiger partial charge is 0.492 e. The summed E-state index contributed by atoms with van der Waals surface area (Å²) in [6, 6.07) is 17.3. The first-order chi connectivity index (χ1) is 10.7. The number of rotatable bonds is 6. The smallest absolute Gasteiger partial charge is 0.145 e. The first-order valence-electron chi connectivity index (χ1n) is 7.10. The molecule has 0 aromatic heterocycles. The maximum atomic E-state index is 5.98. The summed E-state index contributed by atoms with van der Waals surface area (Å²) in [5.74, 6) is 0.684. The van der Waals surface area contributed by atoms with Crippen molar-refractivity contribution in [2.75, 3.05) is 6.61 Å². The molecule has 0 saturated heterocycles. The third-order valence-electron chi connectivity index (χ3n) is 2.92. The Kier molecular flexibility index (Phi) is 5.99. The first kappa shape index (κ1) is 16.1. The van der Waals surface area contributed by atoms with Crippen LogP contribution in [0.2, 0.25) is 5.02 Å². The van der Waals surface area contributed by atoms with Gasteiger partial charge in [0, 0.05) is 10.6 Å². The number of allylic oxidation sites excluding steroid dienone is 3. The third-order valence-corrected chi connectivity index (χ3v) is 3.17. The van der Waals surface area contributed by atoms with Crippen molar-refractivity contribution in [2.45, 2.75) is 6.92 Å². The lowest BCUT2D eigenvalue weighted by molar-refractivity contribution is 0.250. The van der Waals surface area contributed by atoms with E-state index in [1.165, 1.54) is 0 Å². The molecule has 0 spiro atoms. The maximum absolute atomic E-state index is 5.98. The average molecular weight is 312 g/mol. The summed E-state index contributed by atoms with van der Waals surface area (Å²) in [6.07, 6.45) is 3.52. The molecule has 2 nitrogen and oxygen atoms in total. The van der Waals surface area contributed by atoms with Crippen molar-refractivity contribution in [1.29, 1.82) is 0 Å². The minimum atomic E-state index is 0.557. The minimum absolute atomic E-state index is 0.557. The minimum Gasteiger partial charge on any atom is -0.492 e. The van der Waals surface area contributed by atoms with Crippen LogP contribution in [0.5, 0.6) is 0 Å². The van der Waals surface area contributed by atoms with E-state index in [0.717, 1.165) is 17.0 Å². The van der Waals surface area contributed by atoms with Crippen LogP contribution >= 0.6 is 11.6 Å². The Labute approximate surface area is 136 Å². The zero-order chi connectivity index (χ0) is 15.8. The molecule has 0 bridgehead atoms. The molecule has 0 N–H and O–H groups in total. The highest BCUT2D eigenvalue weighted by Crippen LogP contribution is 2.20. The molecule has 112 valence electrons. The van der Waals surface area contributed by atoms with Crippen LogP contribution in [0.4, 0.5) is 5.69 Å². The molecule has 0 fully saturated rings. The molecule has 0 saturated carbocycles. The lowest BCUT2D eigenvalue weighted by Crippen LogP contribution is -2.08. The van der Waals surface area contributed by atoms with Gasteiger partial charge in [-0.2, -0.15) is 0 Å². The fraction of sp³-hybridized carbons (Fsp3) is 0.105. The van der Waals surface area contributed by atoms with Crippen LogP contribution in [0, 0.1) is 0 Å². The number of para-hydroxylation sites is 1. The van der Waals surface area contributed by atoms with Gasteiger partial charge in [-0.15, -0.1) is 0 Å². The van der Waals surface area contributed by atoms with E-state index in [1.807, 2.05) is 67.6 Å². The number of halogens is 1. The summed E-state index contributed by atoms with van der Waals surface area (Å²) in [7, 11) is 0. The summed E-state index contributed by atoms with van der Waals surface area (Å²) < 4.78 is 5.73. The van der Waals surface area contributed by atoms with Crippen molar-refractivity contribution in [2.24, 2.45) is 4.99 Å². The Bertz CT molecular complexity index is 672. The van der Waals surface area contributed by atoms with Crippen molar-refractivity contribution in [3.05, 3.63) is 89.7 Å². The van der Waals surface area contributed by atoms with Crippen LogP contribution in [0.15, 0.2) is 84.1 Å². The van der Waals surface area contributed by atoms with Crippen molar-refractivity contribution >= 4 is 23.0 Å². The van der Waals surface area contributed by atoms with E-state index in [9.17, 15) is 0 Å². The SMILES string of the molecule is C=C/C=C(/OCC)C(=Nc1ccccc1)c1ccc(Cl)cc1. The molecule has 0 heterocycles. The summed E-state index contributed by atoms with van der Waals surface area (Å²) in [6.45, 7) is 6.25. The van der Waals surface area contributed by atoms with Crippen LogP contribution in [-0.2, 0) is 4.74 Å².